The summed E-state index contributed by atoms with van der Waals surface area (Å²) in [6, 6.07) is 10.5. The SMILES string of the molecule is CN1CCN(C(O)c2ccc(Nc3nc4c(C5=CCN(C(=O)CCC(F)(F)F)CC5)cccn4n3)cc2)C(C(=O)N(C)C)C1. The molecule has 0 bridgehead atoms. The van der Waals surface area contributed by atoms with E-state index >= 15 is 0 Å². The zero-order chi connectivity index (χ0) is 31.6. The first-order valence-electron chi connectivity index (χ1n) is 14.5. The van der Waals surface area contributed by atoms with Gasteiger partial charge in [-0.25, -0.2) is 4.52 Å². The van der Waals surface area contributed by atoms with E-state index < -0.39 is 37.2 Å². The minimum atomic E-state index is -4.35. The smallest absolute Gasteiger partial charge is 0.374 e. The predicted molar refractivity (Wildman–Crippen MR) is 159 cm³/mol. The van der Waals surface area contributed by atoms with Crippen LogP contribution in [0.15, 0.2) is 48.7 Å². The Bertz CT molecular complexity index is 1520. The van der Waals surface area contributed by atoms with Gasteiger partial charge in [0.15, 0.2) is 5.65 Å². The number of rotatable bonds is 8. The van der Waals surface area contributed by atoms with Crippen LogP contribution in [0.25, 0.3) is 11.2 Å². The van der Waals surface area contributed by atoms with Crippen molar-refractivity contribution in [2.24, 2.45) is 0 Å². The zero-order valence-corrected chi connectivity index (χ0v) is 25.0. The Morgan fingerprint density at radius 3 is 2.55 bits per heavy atom. The monoisotopic (exact) mass is 614 g/mol. The fraction of sp³-hybridized carbons (Fsp3) is 0.467. The van der Waals surface area contributed by atoms with Crippen molar-refractivity contribution < 1.29 is 27.9 Å². The van der Waals surface area contributed by atoms with Gasteiger partial charge in [-0.15, -0.1) is 5.10 Å². The van der Waals surface area contributed by atoms with Crippen LogP contribution in [-0.4, -0.2) is 117 Å². The average molecular weight is 615 g/mol. The molecule has 4 heterocycles. The Morgan fingerprint density at radius 1 is 1.14 bits per heavy atom. The predicted octanol–water partition coefficient (Wildman–Crippen LogP) is 3.13. The fourth-order valence-electron chi connectivity index (χ4n) is 5.56. The summed E-state index contributed by atoms with van der Waals surface area (Å²) in [7, 11) is 5.39. The number of amides is 2. The van der Waals surface area contributed by atoms with Gasteiger partial charge >= 0.3 is 6.18 Å². The van der Waals surface area contributed by atoms with Gasteiger partial charge in [-0.3, -0.25) is 14.5 Å². The number of halogens is 3. The number of aliphatic hydroxyl groups is 1. The molecule has 2 atom stereocenters. The van der Waals surface area contributed by atoms with Gasteiger partial charge in [0.25, 0.3) is 0 Å². The first-order chi connectivity index (χ1) is 20.9. The number of anilines is 2. The van der Waals surface area contributed by atoms with Gasteiger partial charge in [-0.2, -0.15) is 18.2 Å². The zero-order valence-electron chi connectivity index (χ0n) is 25.0. The summed E-state index contributed by atoms with van der Waals surface area (Å²) in [4.78, 5) is 36.6. The molecule has 0 radical (unpaired) electrons. The lowest BCUT2D eigenvalue weighted by atomic mass is 10.00. The molecule has 11 nitrogen and oxygen atoms in total. The Balaban J connectivity index is 1.26. The van der Waals surface area contributed by atoms with Crippen LogP contribution < -0.4 is 5.32 Å². The Hall–Kier alpha value is -4.01. The molecule has 2 aliphatic heterocycles. The largest absolute Gasteiger partial charge is 0.389 e. The van der Waals surface area contributed by atoms with Gasteiger partial charge in [-0.05, 0) is 48.9 Å². The lowest BCUT2D eigenvalue weighted by Crippen LogP contribution is -2.58. The number of aromatic nitrogens is 3. The lowest BCUT2D eigenvalue weighted by Gasteiger charge is -2.42. The summed E-state index contributed by atoms with van der Waals surface area (Å²) in [5.41, 5.74) is 3.77. The van der Waals surface area contributed by atoms with Gasteiger partial charge < -0.3 is 25.1 Å². The highest BCUT2D eigenvalue weighted by Crippen LogP contribution is 2.29. The van der Waals surface area contributed by atoms with Crippen molar-refractivity contribution in [3.05, 3.63) is 59.8 Å². The fourth-order valence-corrected chi connectivity index (χ4v) is 5.56. The van der Waals surface area contributed by atoms with Crippen molar-refractivity contribution in [1.82, 2.24) is 34.2 Å². The summed E-state index contributed by atoms with van der Waals surface area (Å²) < 4.78 is 39.2. The number of hydrogen-bond acceptors (Lipinski definition) is 8. The highest BCUT2D eigenvalue weighted by atomic mass is 19.4. The van der Waals surface area contributed by atoms with Crippen LogP contribution in [0.1, 0.15) is 36.6 Å². The molecule has 44 heavy (non-hydrogen) atoms. The van der Waals surface area contributed by atoms with Crippen LogP contribution in [0.4, 0.5) is 24.8 Å². The van der Waals surface area contributed by atoms with E-state index in [2.05, 4.69) is 20.3 Å². The van der Waals surface area contributed by atoms with Gasteiger partial charge in [0, 0.05) is 70.7 Å². The van der Waals surface area contributed by atoms with E-state index in [1.807, 2.05) is 42.3 Å². The Labute approximate surface area is 253 Å². The van der Waals surface area contributed by atoms with Crippen molar-refractivity contribution in [1.29, 1.82) is 0 Å². The van der Waals surface area contributed by atoms with E-state index in [-0.39, 0.29) is 12.5 Å². The second kappa shape index (κ2) is 12.9. The highest BCUT2D eigenvalue weighted by molar-refractivity contribution is 5.82. The molecule has 2 N–H and O–H groups in total. The number of hydrogen-bond donors (Lipinski definition) is 2. The number of carbonyl (C=O) groups excluding carboxylic acids is 2. The van der Waals surface area contributed by atoms with Crippen molar-refractivity contribution in [2.45, 2.75) is 37.7 Å². The van der Waals surface area contributed by atoms with Crippen molar-refractivity contribution in [3.8, 4) is 0 Å². The van der Waals surface area contributed by atoms with Crippen LogP contribution in [0.2, 0.25) is 0 Å². The highest BCUT2D eigenvalue weighted by Gasteiger charge is 2.36. The third-order valence-corrected chi connectivity index (χ3v) is 8.02. The van der Waals surface area contributed by atoms with Crippen molar-refractivity contribution in [2.75, 3.05) is 59.2 Å². The summed E-state index contributed by atoms with van der Waals surface area (Å²) in [6.07, 6.45) is -2.85. The standard InChI is InChI=1S/C30H37F3N8O3/c1-37(2)28(44)24-19-38(3)17-18-40(24)27(43)21-6-8-22(9-7-21)34-29-35-26-23(5-4-14-41(26)36-29)20-11-15-39(16-12-20)25(42)10-13-30(31,32)33/h4-9,11,14,24,27,43H,10,12-13,15-19H2,1-3H3,(H,34,36). The van der Waals surface area contributed by atoms with Gasteiger partial charge in [0.2, 0.25) is 17.8 Å². The number of piperazine rings is 1. The molecular weight excluding hydrogens is 577 g/mol. The molecule has 2 aliphatic rings. The number of likely N-dealkylation sites (N-methyl/N-ethyl adjacent to an activating group) is 2. The van der Waals surface area contributed by atoms with Crippen LogP contribution in [0, 0.1) is 0 Å². The molecule has 1 saturated heterocycles. The first-order valence-corrected chi connectivity index (χ1v) is 14.5. The average Bonchev–Trinajstić information content (AvgIpc) is 3.41. The number of benzene rings is 1. The second-order valence-electron chi connectivity index (χ2n) is 11.4. The van der Waals surface area contributed by atoms with Crippen molar-refractivity contribution in [3.63, 3.8) is 0 Å². The van der Waals surface area contributed by atoms with E-state index in [4.69, 9.17) is 0 Å². The first kappa shape index (κ1) is 31.4. The maximum Gasteiger partial charge on any atom is 0.389 e. The molecule has 236 valence electrons. The molecule has 14 heteroatoms. The molecule has 0 aliphatic carbocycles. The third-order valence-electron chi connectivity index (χ3n) is 8.02. The molecule has 1 aromatic carbocycles. The third kappa shape index (κ3) is 7.20. The second-order valence-corrected chi connectivity index (χ2v) is 11.4. The van der Waals surface area contributed by atoms with Crippen LogP contribution in [0.5, 0.6) is 0 Å². The molecule has 0 spiro atoms. The topological polar surface area (TPSA) is 110 Å². The minimum Gasteiger partial charge on any atom is -0.374 e. The van der Waals surface area contributed by atoms with E-state index in [9.17, 15) is 27.9 Å². The quantitative estimate of drug-likeness (QED) is 0.399. The normalized spacial score (nSPS) is 19.1. The molecule has 2 unspecified atom stereocenters. The lowest BCUT2D eigenvalue weighted by molar-refractivity contribution is -0.148. The Morgan fingerprint density at radius 2 is 1.89 bits per heavy atom. The molecule has 1 fully saturated rings. The number of nitrogens with zero attached hydrogens (tertiary/aromatic N) is 7. The number of pyridine rings is 1. The Kier molecular flexibility index (Phi) is 9.23. The number of alkyl halides is 3. The van der Waals surface area contributed by atoms with Gasteiger partial charge in [-0.1, -0.05) is 18.2 Å². The summed E-state index contributed by atoms with van der Waals surface area (Å²) in [5.74, 6) is -0.197. The van der Waals surface area contributed by atoms with Gasteiger partial charge in [0.1, 0.15) is 12.3 Å². The van der Waals surface area contributed by atoms with Crippen LogP contribution >= 0.6 is 0 Å². The maximum absolute atomic E-state index is 12.8. The molecule has 5 rings (SSSR count). The van der Waals surface area contributed by atoms with Gasteiger partial charge in [0.05, 0.1) is 6.42 Å². The van der Waals surface area contributed by atoms with E-state index in [1.54, 1.807) is 41.8 Å². The molecule has 2 aromatic heterocycles. The van der Waals surface area contributed by atoms with E-state index in [0.29, 0.717) is 48.9 Å². The molecular formula is C30H37F3N8O3. The molecule has 0 saturated carbocycles. The molecule has 2 amide bonds. The van der Waals surface area contributed by atoms with Crippen LogP contribution in [0.3, 0.4) is 0 Å². The number of aliphatic hydroxyl groups excluding tert-OH is 1. The summed E-state index contributed by atoms with van der Waals surface area (Å²) in [5, 5.41) is 18.9. The van der Waals surface area contributed by atoms with E-state index in [1.165, 1.54) is 4.90 Å². The van der Waals surface area contributed by atoms with Crippen LogP contribution in [-0.2, 0) is 9.59 Å². The number of fused-ring (bicyclic) bond motifs is 1. The number of carbonyl (C=O) groups is 2. The maximum atomic E-state index is 12.8. The van der Waals surface area contributed by atoms with E-state index in [0.717, 1.165) is 17.7 Å². The van der Waals surface area contributed by atoms with Crippen molar-refractivity contribution >= 4 is 34.7 Å². The summed E-state index contributed by atoms with van der Waals surface area (Å²) in [6.45, 7) is 2.40. The molecule has 3 aromatic rings. The summed E-state index contributed by atoms with van der Waals surface area (Å²) >= 11 is 0. The number of nitrogens with one attached hydrogen (secondary N) is 1. The minimum absolute atomic E-state index is 0.0538.